The highest BCUT2D eigenvalue weighted by Gasteiger charge is 2.25. The molecule has 0 aliphatic rings. The lowest BCUT2D eigenvalue weighted by Crippen LogP contribution is -2.41. The molecule has 2 rings (SSSR count). The number of hydrogen-bond acceptors (Lipinski definition) is 4. The summed E-state index contributed by atoms with van der Waals surface area (Å²) in [6, 6.07) is 11.4. The van der Waals surface area contributed by atoms with Gasteiger partial charge in [0.15, 0.2) is 0 Å². The first-order chi connectivity index (χ1) is 12.8. The average Bonchev–Trinajstić information content (AvgIpc) is 2.66. The number of sulfonamides is 1. The summed E-state index contributed by atoms with van der Waals surface area (Å²) in [5.41, 5.74) is 0.728. The topological polar surface area (TPSA) is 75.7 Å². The Bertz CT molecular complexity index is 868. The second-order valence-corrected chi connectivity index (χ2v) is 7.89. The first-order valence-electron chi connectivity index (χ1n) is 8.47. The summed E-state index contributed by atoms with van der Waals surface area (Å²) in [6.45, 7) is 3.25. The number of amides is 1. The molecule has 0 unspecified atom stereocenters. The first-order valence-corrected chi connectivity index (χ1v) is 9.91. The van der Waals surface area contributed by atoms with Crippen molar-refractivity contribution < 1.29 is 22.3 Å². The Morgan fingerprint density at radius 2 is 1.74 bits per heavy atom. The van der Waals surface area contributed by atoms with Crippen molar-refractivity contribution in [3.8, 4) is 5.75 Å². The van der Waals surface area contributed by atoms with E-state index in [1.807, 2.05) is 0 Å². The normalized spacial score (nSPS) is 12.6. The maximum Gasteiger partial charge on any atom is 0.243 e. The van der Waals surface area contributed by atoms with Crippen LogP contribution in [0.1, 0.15) is 25.5 Å². The second-order valence-electron chi connectivity index (χ2n) is 5.95. The summed E-state index contributed by atoms with van der Waals surface area (Å²) in [6.07, 6.45) is 0. The van der Waals surface area contributed by atoms with Gasteiger partial charge in [-0.05, 0) is 48.9 Å². The maximum atomic E-state index is 13.0. The van der Waals surface area contributed by atoms with E-state index >= 15 is 0 Å². The van der Waals surface area contributed by atoms with Crippen molar-refractivity contribution >= 4 is 15.9 Å². The lowest BCUT2D eigenvalue weighted by Gasteiger charge is -2.22. The van der Waals surface area contributed by atoms with Gasteiger partial charge in [-0.3, -0.25) is 4.79 Å². The molecule has 6 nitrogen and oxygen atoms in total. The zero-order chi connectivity index (χ0) is 20.0. The van der Waals surface area contributed by atoms with E-state index in [-0.39, 0.29) is 29.8 Å². The Kier molecular flexibility index (Phi) is 6.92. The fraction of sp³-hybridized carbons (Fsp3) is 0.316. The maximum absolute atomic E-state index is 13.0. The number of hydrogen-bond donors (Lipinski definition) is 1. The van der Waals surface area contributed by atoms with E-state index in [2.05, 4.69) is 5.32 Å². The number of methoxy groups -OCH3 is 1. The van der Waals surface area contributed by atoms with Gasteiger partial charge < -0.3 is 10.1 Å². The summed E-state index contributed by atoms with van der Waals surface area (Å²) in [5.74, 6) is -0.256. The van der Waals surface area contributed by atoms with Gasteiger partial charge in [0, 0.05) is 6.54 Å². The molecular weight excluding hydrogens is 371 g/mol. The average molecular weight is 394 g/mol. The molecule has 0 saturated carbocycles. The van der Waals surface area contributed by atoms with Gasteiger partial charge in [0.05, 0.1) is 24.6 Å². The number of ether oxygens (including phenoxy) is 1. The summed E-state index contributed by atoms with van der Waals surface area (Å²) in [5, 5.41) is 2.73. The fourth-order valence-corrected chi connectivity index (χ4v) is 3.95. The Balaban J connectivity index is 2.07. The summed E-state index contributed by atoms with van der Waals surface area (Å²) >= 11 is 0. The smallest absolute Gasteiger partial charge is 0.243 e. The summed E-state index contributed by atoms with van der Waals surface area (Å²) in [4.78, 5) is 12.4. The van der Waals surface area contributed by atoms with Crippen LogP contribution in [0.5, 0.6) is 5.75 Å². The van der Waals surface area contributed by atoms with Crippen molar-refractivity contribution in [3.63, 3.8) is 0 Å². The van der Waals surface area contributed by atoms with Crippen LogP contribution in [-0.2, 0) is 14.8 Å². The molecule has 0 fully saturated rings. The Morgan fingerprint density at radius 1 is 1.15 bits per heavy atom. The number of carbonyl (C=O) groups is 1. The molecule has 2 aromatic rings. The fourth-order valence-electron chi connectivity index (χ4n) is 2.55. The van der Waals surface area contributed by atoms with Crippen molar-refractivity contribution in [2.45, 2.75) is 24.8 Å². The van der Waals surface area contributed by atoms with Gasteiger partial charge in [0.25, 0.3) is 0 Å². The minimum absolute atomic E-state index is 0.0875. The Labute approximate surface area is 159 Å². The van der Waals surface area contributed by atoms with E-state index in [9.17, 15) is 17.6 Å². The number of likely N-dealkylation sites (N-methyl/N-ethyl adjacent to an activating group) is 1. The molecule has 1 amide bonds. The van der Waals surface area contributed by atoms with Crippen molar-refractivity contribution in [2.75, 3.05) is 20.2 Å². The second kappa shape index (κ2) is 8.96. The predicted octanol–water partition coefficient (Wildman–Crippen LogP) is 2.72. The number of nitrogens with zero attached hydrogens (tertiary/aromatic N) is 1. The molecule has 0 aliphatic heterocycles. The lowest BCUT2D eigenvalue weighted by molar-refractivity contribution is -0.121. The van der Waals surface area contributed by atoms with Crippen molar-refractivity contribution in [1.82, 2.24) is 9.62 Å². The molecule has 0 radical (unpaired) electrons. The zero-order valence-corrected chi connectivity index (χ0v) is 16.3. The third kappa shape index (κ3) is 5.27. The number of nitrogens with one attached hydrogen (secondary N) is 1. The first kappa shape index (κ1) is 20.9. The molecule has 2 aromatic carbocycles. The quantitative estimate of drug-likeness (QED) is 0.747. The summed E-state index contributed by atoms with van der Waals surface area (Å²) in [7, 11) is -2.32. The molecule has 0 bridgehead atoms. The van der Waals surface area contributed by atoms with Crippen LogP contribution in [0.15, 0.2) is 53.4 Å². The minimum Gasteiger partial charge on any atom is -0.497 e. The van der Waals surface area contributed by atoms with Crippen molar-refractivity contribution in [2.24, 2.45) is 0 Å². The van der Waals surface area contributed by atoms with Crippen LogP contribution in [-0.4, -0.2) is 38.8 Å². The number of rotatable bonds is 8. The third-order valence-electron chi connectivity index (χ3n) is 4.12. The van der Waals surface area contributed by atoms with Crippen LogP contribution in [0.3, 0.4) is 0 Å². The largest absolute Gasteiger partial charge is 0.497 e. The van der Waals surface area contributed by atoms with Crippen LogP contribution in [0.2, 0.25) is 0 Å². The van der Waals surface area contributed by atoms with Gasteiger partial charge >= 0.3 is 0 Å². The van der Waals surface area contributed by atoms with Crippen LogP contribution < -0.4 is 10.1 Å². The molecule has 0 spiro atoms. The van der Waals surface area contributed by atoms with Gasteiger partial charge in [-0.25, -0.2) is 12.8 Å². The molecule has 27 heavy (non-hydrogen) atoms. The van der Waals surface area contributed by atoms with Gasteiger partial charge in [0.2, 0.25) is 15.9 Å². The van der Waals surface area contributed by atoms with E-state index in [4.69, 9.17) is 4.74 Å². The summed E-state index contributed by atoms with van der Waals surface area (Å²) < 4.78 is 44.6. The monoisotopic (exact) mass is 394 g/mol. The molecule has 146 valence electrons. The van der Waals surface area contributed by atoms with E-state index in [0.717, 1.165) is 9.87 Å². The van der Waals surface area contributed by atoms with Gasteiger partial charge in [0.1, 0.15) is 11.6 Å². The SMILES string of the molecule is CCN(CC(=O)N[C@H](C)c1ccc(F)cc1)S(=O)(=O)c1ccc(OC)cc1. The highest BCUT2D eigenvalue weighted by Crippen LogP contribution is 2.19. The van der Waals surface area contributed by atoms with Gasteiger partial charge in [-0.2, -0.15) is 4.31 Å². The lowest BCUT2D eigenvalue weighted by atomic mass is 10.1. The van der Waals surface area contributed by atoms with Gasteiger partial charge in [-0.15, -0.1) is 0 Å². The number of benzene rings is 2. The van der Waals surface area contributed by atoms with E-state index in [1.165, 1.54) is 31.4 Å². The minimum atomic E-state index is -3.81. The molecule has 1 N–H and O–H groups in total. The van der Waals surface area contributed by atoms with Crippen LogP contribution in [0.4, 0.5) is 4.39 Å². The molecule has 0 saturated heterocycles. The standard InChI is InChI=1S/C19H23FN2O4S/c1-4-22(27(24,25)18-11-9-17(26-3)10-12-18)13-19(23)21-14(2)15-5-7-16(20)8-6-15/h5-12,14H,4,13H2,1-3H3,(H,21,23)/t14-/m1/s1. The van der Waals surface area contributed by atoms with E-state index < -0.39 is 15.9 Å². The Hall–Kier alpha value is -2.45. The Morgan fingerprint density at radius 3 is 2.26 bits per heavy atom. The molecule has 0 aliphatic carbocycles. The molecule has 8 heteroatoms. The molecular formula is C19H23FN2O4S. The van der Waals surface area contributed by atoms with Gasteiger partial charge in [-0.1, -0.05) is 19.1 Å². The highest BCUT2D eigenvalue weighted by atomic mass is 32.2. The molecule has 0 aromatic heterocycles. The van der Waals surface area contributed by atoms with Crippen molar-refractivity contribution in [3.05, 3.63) is 59.9 Å². The third-order valence-corrected chi connectivity index (χ3v) is 6.05. The van der Waals surface area contributed by atoms with Crippen molar-refractivity contribution in [1.29, 1.82) is 0 Å². The highest BCUT2D eigenvalue weighted by molar-refractivity contribution is 7.89. The van der Waals surface area contributed by atoms with E-state index in [1.54, 1.807) is 38.1 Å². The van der Waals surface area contributed by atoms with Crippen LogP contribution >= 0.6 is 0 Å². The van der Waals surface area contributed by atoms with Crippen LogP contribution in [0.25, 0.3) is 0 Å². The number of halogens is 1. The zero-order valence-electron chi connectivity index (χ0n) is 15.5. The van der Waals surface area contributed by atoms with Crippen LogP contribution in [0, 0.1) is 5.82 Å². The molecule has 0 heterocycles. The number of carbonyl (C=O) groups excluding carboxylic acids is 1. The van der Waals surface area contributed by atoms with E-state index in [0.29, 0.717) is 5.75 Å². The molecule has 1 atom stereocenters. The predicted molar refractivity (Wildman–Crippen MR) is 100 cm³/mol.